The van der Waals surface area contributed by atoms with E-state index in [0.717, 1.165) is 5.56 Å². The Labute approximate surface area is 165 Å². The van der Waals surface area contributed by atoms with E-state index in [1.807, 2.05) is 0 Å². The van der Waals surface area contributed by atoms with Gasteiger partial charge in [0.1, 0.15) is 23.8 Å². The van der Waals surface area contributed by atoms with Crippen LogP contribution in [-0.4, -0.2) is 27.6 Å². The van der Waals surface area contributed by atoms with Gasteiger partial charge in [0.05, 0.1) is 15.8 Å². The summed E-state index contributed by atoms with van der Waals surface area (Å²) in [5.74, 6) is -0.749. The van der Waals surface area contributed by atoms with E-state index in [0.29, 0.717) is 21.4 Å². The highest BCUT2D eigenvalue weighted by Crippen LogP contribution is 2.33. The zero-order valence-corrected chi connectivity index (χ0v) is 16.5. The minimum atomic E-state index is -1.06. The minimum absolute atomic E-state index is 0.104. The molecule has 146 valence electrons. The van der Waals surface area contributed by atoms with Crippen LogP contribution in [0.1, 0.15) is 47.1 Å². The number of fused-ring (bicyclic) bond motifs is 1. The number of hydrogen-bond donors (Lipinski definition) is 2. The molecule has 0 aliphatic rings. The zero-order valence-electron chi connectivity index (χ0n) is 15.7. The fraction of sp³-hybridized carbons (Fsp3) is 0.250. The SMILES string of the molecule is CC(C)(C)OC(=O)c1cccc(OCc2csc3c(C(=O)O)cnc(N)c23)c1. The summed E-state index contributed by atoms with van der Waals surface area (Å²) in [6.45, 7) is 5.57. The van der Waals surface area contributed by atoms with E-state index in [9.17, 15) is 14.7 Å². The van der Waals surface area contributed by atoms with Crippen LogP contribution >= 0.6 is 11.3 Å². The van der Waals surface area contributed by atoms with Gasteiger partial charge < -0.3 is 20.3 Å². The highest BCUT2D eigenvalue weighted by Gasteiger charge is 2.19. The van der Waals surface area contributed by atoms with Crippen molar-refractivity contribution in [3.8, 4) is 5.75 Å². The Bertz CT molecular complexity index is 1050. The number of aromatic carboxylic acids is 1. The summed E-state index contributed by atoms with van der Waals surface area (Å²) in [4.78, 5) is 27.6. The maximum Gasteiger partial charge on any atom is 0.338 e. The maximum atomic E-state index is 12.2. The third kappa shape index (κ3) is 4.23. The summed E-state index contributed by atoms with van der Waals surface area (Å²) in [5, 5.41) is 11.7. The number of hydrogen-bond acceptors (Lipinski definition) is 7. The van der Waals surface area contributed by atoms with Crippen LogP contribution in [0.5, 0.6) is 5.75 Å². The molecule has 0 radical (unpaired) electrons. The van der Waals surface area contributed by atoms with Crippen LogP contribution in [0, 0.1) is 0 Å². The molecule has 7 nitrogen and oxygen atoms in total. The number of carbonyl (C=O) groups excluding carboxylic acids is 1. The normalized spacial score (nSPS) is 11.4. The Kier molecular flexibility index (Phi) is 5.24. The van der Waals surface area contributed by atoms with E-state index < -0.39 is 17.5 Å². The molecule has 0 aliphatic heterocycles. The molecule has 1 aromatic carbocycles. The second kappa shape index (κ2) is 7.47. The second-order valence-corrected chi connectivity index (χ2v) is 8.03. The first-order chi connectivity index (χ1) is 13.2. The highest BCUT2D eigenvalue weighted by molar-refractivity contribution is 7.17. The van der Waals surface area contributed by atoms with Crippen LogP contribution < -0.4 is 10.5 Å². The lowest BCUT2D eigenvalue weighted by Crippen LogP contribution is -2.23. The molecule has 0 atom stereocenters. The highest BCUT2D eigenvalue weighted by atomic mass is 32.1. The Morgan fingerprint density at radius 2 is 2.04 bits per heavy atom. The molecular weight excluding hydrogens is 380 g/mol. The predicted octanol–water partition coefficient (Wildman–Crippen LogP) is 4.11. The molecule has 0 bridgehead atoms. The molecule has 3 rings (SSSR count). The average Bonchev–Trinajstić information content (AvgIpc) is 3.03. The van der Waals surface area contributed by atoms with Crippen molar-refractivity contribution in [3.05, 3.63) is 52.5 Å². The third-order valence-electron chi connectivity index (χ3n) is 3.79. The molecule has 8 heteroatoms. The van der Waals surface area contributed by atoms with Gasteiger partial charge in [-0.15, -0.1) is 11.3 Å². The van der Waals surface area contributed by atoms with Gasteiger partial charge >= 0.3 is 11.9 Å². The Morgan fingerprint density at radius 3 is 2.71 bits per heavy atom. The van der Waals surface area contributed by atoms with Gasteiger partial charge in [-0.25, -0.2) is 14.6 Å². The molecular formula is C20H20N2O5S. The number of ether oxygens (including phenoxy) is 2. The van der Waals surface area contributed by atoms with Gasteiger partial charge in [0.2, 0.25) is 0 Å². The standard InChI is InChI=1S/C20H20N2O5S/c1-20(2,3)27-19(25)11-5-4-6-13(7-11)26-9-12-10-28-16-14(18(23)24)8-22-17(21)15(12)16/h4-8,10H,9H2,1-3H3,(H2,21,22)(H,23,24). The maximum absolute atomic E-state index is 12.2. The van der Waals surface area contributed by atoms with Gasteiger partial charge in [-0.2, -0.15) is 0 Å². The molecule has 2 aromatic heterocycles. The molecule has 3 aromatic rings. The molecule has 0 amide bonds. The Hall–Kier alpha value is -3.13. The molecule has 0 fully saturated rings. The number of nitrogens with two attached hydrogens (primary N) is 1. The quantitative estimate of drug-likeness (QED) is 0.620. The lowest BCUT2D eigenvalue weighted by Gasteiger charge is -2.19. The van der Waals surface area contributed by atoms with Crippen molar-refractivity contribution < 1.29 is 24.2 Å². The molecule has 0 unspecified atom stereocenters. The van der Waals surface area contributed by atoms with E-state index in [1.54, 1.807) is 50.4 Å². The molecule has 0 aliphatic carbocycles. The van der Waals surface area contributed by atoms with Crippen molar-refractivity contribution >= 4 is 39.2 Å². The number of aromatic nitrogens is 1. The number of carboxylic acids is 1. The van der Waals surface area contributed by atoms with Crippen LogP contribution in [0.3, 0.4) is 0 Å². The third-order valence-corrected chi connectivity index (χ3v) is 4.86. The fourth-order valence-corrected chi connectivity index (χ4v) is 3.67. The number of carbonyl (C=O) groups is 2. The second-order valence-electron chi connectivity index (χ2n) is 7.15. The van der Waals surface area contributed by atoms with Crippen molar-refractivity contribution in [1.82, 2.24) is 4.98 Å². The van der Waals surface area contributed by atoms with Crippen molar-refractivity contribution in [1.29, 1.82) is 0 Å². The van der Waals surface area contributed by atoms with Crippen LogP contribution in [0.25, 0.3) is 10.1 Å². The molecule has 0 saturated heterocycles. The summed E-state index contributed by atoms with van der Waals surface area (Å²) in [6.07, 6.45) is 1.26. The average molecular weight is 400 g/mol. The number of esters is 1. The first-order valence-electron chi connectivity index (χ1n) is 8.50. The van der Waals surface area contributed by atoms with Crippen LogP contribution in [0.15, 0.2) is 35.8 Å². The smallest absolute Gasteiger partial charge is 0.338 e. The predicted molar refractivity (Wildman–Crippen MR) is 107 cm³/mol. The molecule has 2 heterocycles. The van der Waals surface area contributed by atoms with Crippen LogP contribution in [-0.2, 0) is 11.3 Å². The number of nitrogens with zero attached hydrogens (tertiary/aromatic N) is 1. The minimum Gasteiger partial charge on any atom is -0.489 e. The molecule has 0 saturated carbocycles. The summed E-state index contributed by atoms with van der Waals surface area (Å²) in [6, 6.07) is 6.69. The summed E-state index contributed by atoms with van der Waals surface area (Å²) >= 11 is 1.28. The van der Waals surface area contributed by atoms with E-state index in [2.05, 4.69) is 4.98 Å². The molecule has 28 heavy (non-hydrogen) atoms. The monoisotopic (exact) mass is 400 g/mol. The zero-order chi connectivity index (χ0) is 20.5. The Balaban J connectivity index is 1.82. The number of pyridine rings is 1. The number of rotatable bonds is 5. The van der Waals surface area contributed by atoms with E-state index >= 15 is 0 Å². The van der Waals surface area contributed by atoms with Gasteiger partial charge in [0.25, 0.3) is 0 Å². The number of anilines is 1. The van der Waals surface area contributed by atoms with Gasteiger partial charge in [-0.05, 0) is 44.4 Å². The summed E-state index contributed by atoms with van der Waals surface area (Å²) in [7, 11) is 0. The number of benzene rings is 1. The van der Waals surface area contributed by atoms with Gasteiger partial charge in [0, 0.05) is 17.1 Å². The van der Waals surface area contributed by atoms with Crippen LogP contribution in [0.4, 0.5) is 5.82 Å². The number of nitrogen functional groups attached to an aromatic ring is 1. The van der Waals surface area contributed by atoms with E-state index in [1.165, 1.54) is 17.5 Å². The van der Waals surface area contributed by atoms with E-state index in [4.69, 9.17) is 15.2 Å². The van der Waals surface area contributed by atoms with Crippen molar-refractivity contribution in [2.75, 3.05) is 5.73 Å². The lowest BCUT2D eigenvalue weighted by atomic mass is 10.1. The lowest BCUT2D eigenvalue weighted by molar-refractivity contribution is 0.00688. The van der Waals surface area contributed by atoms with Gasteiger partial charge in [-0.3, -0.25) is 0 Å². The Morgan fingerprint density at radius 1 is 1.29 bits per heavy atom. The van der Waals surface area contributed by atoms with Crippen molar-refractivity contribution in [2.45, 2.75) is 33.0 Å². The van der Waals surface area contributed by atoms with Gasteiger partial charge in [-0.1, -0.05) is 6.07 Å². The van der Waals surface area contributed by atoms with Crippen molar-refractivity contribution in [2.24, 2.45) is 0 Å². The summed E-state index contributed by atoms with van der Waals surface area (Å²) < 4.78 is 11.7. The van der Waals surface area contributed by atoms with Gasteiger partial charge in [0.15, 0.2) is 0 Å². The largest absolute Gasteiger partial charge is 0.489 e. The van der Waals surface area contributed by atoms with E-state index in [-0.39, 0.29) is 18.0 Å². The number of thiophene rings is 1. The summed E-state index contributed by atoms with van der Waals surface area (Å²) in [5.41, 5.74) is 6.58. The van der Waals surface area contributed by atoms with Crippen LogP contribution in [0.2, 0.25) is 0 Å². The topological polar surface area (TPSA) is 112 Å². The number of carboxylic acid groups (broad SMARTS) is 1. The fourth-order valence-electron chi connectivity index (χ4n) is 2.60. The van der Waals surface area contributed by atoms with Crippen molar-refractivity contribution in [3.63, 3.8) is 0 Å². The first kappa shape index (κ1) is 19.6. The molecule has 0 spiro atoms. The molecule has 3 N–H and O–H groups in total. The first-order valence-corrected chi connectivity index (χ1v) is 9.38.